The maximum Gasteiger partial charge on any atom is 0.341 e. The lowest BCUT2D eigenvalue weighted by molar-refractivity contribution is -0.115. The van der Waals surface area contributed by atoms with E-state index in [0.29, 0.717) is 10.6 Å². The van der Waals surface area contributed by atoms with Crippen LogP contribution in [0.5, 0.6) is 0 Å². The third-order valence-corrected chi connectivity index (χ3v) is 5.81. The summed E-state index contributed by atoms with van der Waals surface area (Å²) in [6.45, 7) is 2.06. The Labute approximate surface area is 156 Å². The number of carbonyl (C=O) groups is 2. The van der Waals surface area contributed by atoms with Gasteiger partial charge in [0.1, 0.15) is 10.8 Å². The number of amides is 1. The predicted octanol–water partition coefficient (Wildman–Crippen LogP) is 3.69. The van der Waals surface area contributed by atoms with E-state index in [-0.39, 0.29) is 24.5 Å². The molecule has 0 aromatic carbocycles. The number of nitrogens with one attached hydrogen (secondary N) is 2. The fourth-order valence-electron chi connectivity index (χ4n) is 3.20. The van der Waals surface area contributed by atoms with Crippen molar-refractivity contribution in [2.24, 2.45) is 0 Å². The van der Waals surface area contributed by atoms with Crippen LogP contribution >= 0.6 is 11.3 Å². The summed E-state index contributed by atoms with van der Waals surface area (Å²) in [5.41, 5.74) is 1.58. The highest BCUT2D eigenvalue weighted by Crippen LogP contribution is 2.37. The van der Waals surface area contributed by atoms with E-state index in [0.717, 1.165) is 43.4 Å². The van der Waals surface area contributed by atoms with E-state index < -0.39 is 0 Å². The van der Waals surface area contributed by atoms with Gasteiger partial charge < -0.3 is 14.5 Å². The lowest BCUT2D eigenvalue weighted by Crippen LogP contribution is -2.30. The molecule has 2 aromatic rings. The van der Waals surface area contributed by atoms with Gasteiger partial charge in [-0.25, -0.2) is 4.79 Å². The van der Waals surface area contributed by atoms with Crippen LogP contribution in [0.1, 0.15) is 58.8 Å². The molecule has 2 N–H and O–H groups in total. The minimum absolute atomic E-state index is 0.0733. The largest absolute Gasteiger partial charge is 0.468 e. The topological polar surface area (TPSA) is 80.6 Å². The first kappa shape index (κ1) is 18.7. The molecule has 0 bridgehead atoms. The molecule has 0 saturated carbocycles. The van der Waals surface area contributed by atoms with E-state index in [4.69, 9.17) is 9.15 Å². The van der Waals surface area contributed by atoms with Gasteiger partial charge in [-0.1, -0.05) is 6.42 Å². The summed E-state index contributed by atoms with van der Waals surface area (Å²) >= 11 is 1.50. The zero-order valence-electron chi connectivity index (χ0n) is 15.1. The number of rotatable bonds is 6. The lowest BCUT2D eigenvalue weighted by Gasteiger charge is -2.11. The average Bonchev–Trinajstić information content (AvgIpc) is 3.22. The summed E-state index contributed by atoms with van der Waals surface area (Å²) in [5, 5.41) is 6.61. The molecule has 1 amide bonds. The molecule has 0 spiro atoms. The highest BCUT2D eigenvalue weighted by atomic mass is 32.1. The number of ether oxygens (including phenoxy) is 1. The molecular formula is C19H24N2O4S. The maximum absolute atomic E-state index is 12.4. The van der Waals surface area contributed by atoms with Gasteiger partial charge in [-0.3, -0.25) is 10.1 Å². The number of methoxy groups -OCH3 is 1. The Bertz CT molecular complexity index is 767. The number of carbonyl (C=O) groups excluding carboxylic acids is 2. The molecule has 7 heteroatoms. The zero-order valence-corrected chi connectivity index (χ0v) is 15.9. The Morgan fingerprint density at radius 2 is 2.12 bits per heavy atom. The molecule has 1 aliphatic rings. The van der Waals surface area contributed by atoms with Gasteiger partial charge in [0.2, 0.25) is 5.91 Å². The Kier molecular flexibility index (Phi) is 6.11. The number of fused-ring (bicyclic) bond motifs is 1. The van der Waals surface area contributed by atoms with Crippen LogP contribution in [-0.4, -0.2) is 25.5 Å². The van der Waals surface area contributed by atoms with E-state index in [1.807, 2.05) is 19.1 Å². The minimum atomic E-state index is -0.378. The Balaban J connectivity index is 1.70. The summed E-state index contributed by atoms with van der Waals surface area (Å²) in [6.07, 6.45) is 6.76. The van der Waals surface area contributed by atoms with Crippen LogP contribution in [-0.2, 0) is 22.4 Å². The molecule has 0 saturated heterocycles. The van der Waals surface area contributed by atoms with Crippen molar-refractivity contribution < 1.29 is 18.7 Å². The number of anilines is 1. The molecule has 2 aromatic heterocycles. The Morgan fingerprint density at radius 3 is 2.85 bits per heavy atom. The van der Waals surface area contributed by atoms with Crippen molar-refractivity contribution >= 4 is 28.2 Å². The number of thiophene rings is 1. The second kappa shape index (κ2) is 8.51. The summed E-state index contributed by atoms with van der Waals surface area (Å²) in [5.74, 6) is 0.206. The van der Waals surface area contributed by atoms with Crippen molar-refractivity contribution in [3.63, 3.8) is 0 Å². The normalized spacial score (nSPS) is 15.0. The van der Waals surface area contributed by atoms with E-state index >= 15 is 0 Å². The molecule has 140 valence electrons. The van der Waals surface area contributed by atoms with Crippen molar-refractivity contribution in [1.82, 2.24) is 5.32 Å². The second-order valence-corrected chi connectivity index (χ2v) is 7.53. The van der Waals surface area contributed by atoms with Crippen molar-refractivity contribution in [2.75, 3.05) is 19.0 Å². The molecule has 0 unspecified atom stereocenters. The Hall–Kier alpha value is -2.12. The highest BCUT2D eigenvalue weighted by Gasteiger charge is 2.26. The van der Waals surface area contributed by atoms with E-state index in [2.05, 4.69) is 10.6 Å². The van der Waals surface area contributed by atoms with Crippen molar-refractivity contribution in [1.29, 1.82) is 0 Å². The van der Waals surface area contributed by atoms with Gasteiger partial charge in [-0.2, -0.15) is 0 Å². The van der Waals surface area contributed by atoms with Crippen molar-refractivity contribution in [3.8, 4) is 0 Å². The van der Waals surface area contributed by atoms with Crippen LogP contribution < -0.4 is 10.6 Å². The summed E-state index contributed by atoms with van der Waals surface area (Å²) < 4.78 is 10.3. The van der Waals surface area contributed by atoms with Gasteiger partial charge in [0.15, 0.2) is 0 Å². The van der Waals surface area contributed by atoms with Crippen LogP contribution in [0.15, 0.2) is 22.8 Å². The number of hydrogen-bond donors (Lipinski definition) is 2. The van der Waals surface area contributed by atoms with Gasteiger partial charge in [0.05, 0.1) is 31.5 Å². The molecule has 0 radical (unpaired) electrons. The second-order valence-electron chi connectivity index (χ2n) is 6.43. The summed E-state index contributed by atoms with van der Waals surface area (Å²) in [6, 6.07) is 3.60. The standard InChI is InChI=1S/C19H24N2O4S/c1-12(14-8-6-10-25-14)20-11-16(22)21-18-17(19(23)24-2)13-7-4-3-5-9-15(13)26-18/h6,8,10,12,20H,3-5,7,9,11H2,1-2H3,(H,21,22)/t12-/m0/s1. The third-order valence-electron chi connectivity index (χ3n) is 4.60. The minimum Gasteiger partial charge on any atom is -0.468 e. The molecular weight excluding hydrogens is 352 g/mol. The first-order valence-corrected chi connectivity index (χ1v) is 9.71. The first-order valence-electron chi connectivity index (χ1n) is 8.89. The highest BCUT2D eigenvalue weighted by molar-refractivity contribution is 7.17. The molecule has 3 rings (SSSR count). The summed E-state index contributed by atoms with van der Waals surface area (Å²) in [4.78, 5) is 25.9. The molecule has 2 heterocycles. The number of hydrogen-bond acceptors (Lipinski definition) is 6. The summed E-state index contributed by atoms with van der Waals surface area (Å²) in [7, 11) is 1.38. The van der Waals surface area contributed by atoms with Crippen molar-refractivity contribution in [3.05, 3.63) is 40.2 Å². The van der Waals surface area contributed by atoms with Crippen LogP contribution in [0.4, 0.5) is 5.00 Å². The van der Waals surface area contributed by atoms with Gasteiger partial charge in [0, 0.05) is 4.88 Å². The number of furan rings is 1. The van der Waals surface area contributed by atoms with Gasteiger partial charge in [-0.15, -0.1) is 11.3 Å². The fourth-order valence-corrected chi connectivity index (χ4v) is 4.50. The number of esters is 1. The van der Waals surface area contributed by atoms with Crippen LogP contribution in [0.2, 0.25) is 0 Å². The molecule has 1 atom stereocenters. The van der Waals surface area contributed by atoms with Gasteiger partial charge in [-0.05, 0) is 50.3 Å². The van der Waals surface area contributed by atoms with Gasteiger partial charge in [0.25, 0.3) is 0 Å². The van der Waals surface area contributed by atoms with E-state index in [9.17, 15) is 9.59 Å². The van der Waals surface area contributed by atoms with Crippen LogP contribution in [0.25, 0.3) is 0 Å². The zero-order chi connectivity index (χ0) is 18.5. The van der Waals surface area contributed by atoms with E-state index in [1.54, 1.807) is 6.26 Å². The van der Waals surface area contributed by atoms with Crippen LogP contribution in [0.3, 0.4) is 0 Å². The smallest absolute Gasteiger partial charge is 0.341 e. The number of aryl methyl sites for hydroxylation is 1. The molecule has 26 heavy (non-hydrogen) atoms. The molecule has 0 aliphatic heterocycles. The molecule has 0 fully saturated rings. The molecule has 6 nitrogen and oxygen atoms in total. The predicted molar refractivity (Wildman–Crippen MR) is 101 cm³/mol. The maximum atomic E-state index is 12.4. The quantitative estimate of drug-likeness (QED) is 0.594. The fraction of sp³-hybridized carbons (Fsp3) is 0.474. The molecule has 1 aliphatic carbocycles. The SMILES string of the molecule is COC(=O)c1c(NC(=O)CN[C@@H](C)c2ccco2)sc2c1CCCCC2. The average molecular weight is 376 g/mol. The Morgan fingerprint density at radius 1 is 1.31 bits per heavy atom. The van der Waals surface area contributed by atoms with Crippen LogP contribution in [0, 0.1) is 0 Å². The third kappa shape index (κ3) is 4.16. The van der Waals surface area contributed by atoms with E-state index in [1.165, 1.54) is 23.3 Å². The monoisotopic (exact) mass is 376 g/mol. The van der Waals surface area contributed by atoms with Crippen molar-refractivity contribution in [2.45, 2.75) is 45.1 Å². The first-order chi connectivity index (χ1) is 12.6. The lowest BCUT2D eigenvalue weighted by atomic mass is 10.1. The van der Waals surface area contributed by atoms with Gasteiger partial charge >= 0.3 is 5.97 Å².